The van der Waals surface area contributed by atoms with Crippen LogP contribution in [0.2, 0.25) is 0 Å². The summed E-state index contributed by atoms with van der Waals surface area (Å²) < 4.78 is 44.9. The van der Waals surface area contributed by atoms with Gasteiger partial charge in [-0.05, 0) is 43.9 Å². The molecule has 5 rings (SSSR count). The van der Waals surface area contributed by atoms with E-state index < -0.39 is 23.2 Å². The van der Waals surface area contributed by atoms with Gasteiger partial charge < -0.3 is 15.0 Å². The highest BCUT2D eigenvalue weighted by atomic mass is 19.4. The average Bonchev–Trinajstić information content (AvgIpc) is 3.46. The minimum Gasteiger partial charge on any atom is -0.481 e. The van der Waals surface area contributed by atoms with Gasteiger partial charge in [0.1, 0.15) is 0 Å². The lowest BCUT2D eigenvalue weighted by Gasteiger charge is -2.39. The lowest BCUT2D eigenvalue weighted by atomic mass is 9.88. The first-order chi connectivity index (χ1) is 17.7. The summed E-state index contributed by atoms with van der Waals surface area (Å²) in [5.74, 6) is -0.485. The number of hydrogen-bond acceptors (Lipinski definition) is 6. The van der Waals surface area contributed by atoms with E-state index in [1.165, 1.54) is 7.11 Å². The molecule has 37 heavy (non-hydrogen) atoms. The number of likely N-dealkylation sites (tertiary alicyclic amines) is 1. The van der Waals surface area contributed by atoms with Crippen molar-refractivity contribution >= 4 is 11.8 Å². The molecule has 3 aromatic heterocycles. The number of carbonyl (C=O) groups excluding carboxylic acids is 2. The monoisotopic (exact) mass is 514 g/mol. The maximum atomic E-state index is 13.3. The van der Waals surface area contributed by atoms with Crippen molar-refractivity contribution in [2.75, 3.05) is 13.7 Å². The van der Waals surface area contributed by atoms with Gasteiger partial charge in [-0.25, -0.2) is 4.98 Å². The van der Waals surface area contributed by atoms with E-state index in [0.717, 1.165) is 36.9 Å². The molecule has 2 N–H and O–H groups in total. The number of methoxy groups -OCH3 is 1. The molecule has 0 unspecified atom stereocenters. The van der Waals surface area contributed by atoms with Crippen LogP contribution in [0.4, 0.5) is 13.2 Å². The van der Waals surface area contributed by atoms with Crippen molar-refractivity contribution in [2.45, 2.75) is 43.9 Å². The number of amides is 2. The van der Waals surface area contributed by atoms with Crippen molar-refractivity contribution in [3.63, 3.8) is 0 Å². The topological polar surface area (TPSA) is 113 Å². The zero-order valence-corrected chi connectivity index (χ0v) is 20.0. The molecule has 1 aliphatic heterocycles. The minimum atomic E-state index is -4.53. The number of aromatic amines is 1. The molecule has 4 heterocycles. The Labute approximate surface area is 210 Å². The van der Waals surface area contributed by atoms with Crippen molar-refractivity contribution in [3.8, 4) is 17.1 Å². The van der Waals surface area contributed by atoms with Crippen molar-refractivity contribution in [1.29, 1.82) is 0 Å². The largest absolute Gasteiger partial charge is 0.481 e. The van der Waals surface area contributed by atoms with E-state index in [4.69, 9.17) is 4.74 Å². The standard InChI is InChI=1S/C25H25F3N6O3/c1-37-21-10-15(2-8-30-21)19-11-20(33-32-19)23(36)34-9-4-16(12-24(34)5-6-24)22(35)31-14-17-13-29-7-3-18(17)25(26,27)28/h2-3,7-8,10-11,13,16H,4-6,9,12,14H2,1H3,(H,31,35)(H,32,33)/t16-/m0/s1. The quantitative estimate of drug-likeness (QED) is 0.520. The lowest BCUT2D eigenvalue weighted by Crippen LogP contribution is -2.50. The van der Waals surface area contributed by atoms with E-state index in [2.05, 4.69) is 25.5 Å². The molecule has 1 spiro atoms. The summed E-state index contributed by atoms with van der Waals surface area (Å²) in [5, 5.41) is 9.73. The van der Waals surface area contributed by atoms with Gasteiger partial charge in [-0.3, -0.25) is 19.7 Å². The second kappa shape index (κ2) is 9.49. The summed E-state index contributed by atoms with van der Waals surface area (Å²) in [6.45, 7) is 0.104. The summed E-state index contributed by atoms with van der Waals surface area (Å²) >= 11 is 0. The summed E-state index contributed by atoms with van der Waals surface area (Å²) in [6.07, 6.45) is 1.68. The normalized spacial score (nSPS) is 18.5. The molecule has 1 saturated heterocycles. The highest BCUT2D eigenvalue weighted by Gasteiger charge is 2.54. The molecule has 1 atom stereocenters. The zero-order chi connectivity index (χ0) is 26.2. The van der Waals surface area contributed by atoms with Gasteiger partial charge in [-0.15, -0.1) is 0 Å². The van der Waals surface area contributed by atoms with Gasteiger partial charge in [-0.1, -0.05) is 0 Å². The molecule has 2 fully saturated rings. The van der Waals surface area contributed by atoms with Crippen LogP contribution >= 0.6 is 0 Å². The summed E-state index contributed by atoms with van der Waals surface area (Å²) in [5.41, 5.74) is 0.371. The average molecular weight is 515 g/mol. The van der Waals surface area contributed by atoms with E-state index in [9.17, 15) is 22.8 Å². The van der Waals surface area contributed by atoms with Gasteiger partial charge in [0, 0.05) is 60.3 Å². The number of carbonyl (C=O) groups is 2. The number of hydrogen-bond donors (Lipinski definition) is 2. The van der Waals surface area contributed by atoms with Gasteiger partial charge in [0.15, 0.2) is 5.69 Å². The number of pyridine rings is 2. The van der Waals surface area contributed by atoms with Crippen LogP contribution in [0, 0.1) is 5.92 Å². The van der Waals surface area contributed by atoms with Crippen LogP contribution in [0.15, 0.2) is 42.9 Å². The summed E-state index contributed by atoms with van der Waals surface area (Å²) in [4.78, 5) is 35.8. The molecule has 1 aliphatic carbocycles. The second-order valence-corrected chi connectivity index (χ2v) is 9.37. The molecule has 194 valence electrons. The van der Waals surface area contributed by atoms with Crippen molar-refractivity contribution in [3.05, 3.63) is 59.7 Å². The summed E-state index contributed by atoms with van der Waals surface area (Å²) in [7, 11) is 1.52. The third kappa shape index (κ3) is 5.00. The SMILES string of the molecule is COc1cc(-c2cc(C(=O)N3CC[C@H](C(=O)NCc4cnccc4C(F)(F)F)CC34CC4)n[nH]2)ccn1. The first-order valence-electron chi connectivity index (χ1n) is 11.9. The smallest absolute Gasteiger partial charge is 0.416 e. The van der Waals surface area contributed by atoms with Gasteiger partial charge in [0.25, 0.3) is 5.91 Å². The van der Waals surface area contributed by atoms with Crippen LogP contribution < -0.4 is 10.1 Å². The predicted octanol–water partition coefficient (Wildman–Crippen LogP) is 3.60. The number of nitrogens with one attached hydrogen (secondary N) is 2. The number of nitrogens with zero attached hydrogens (tertiary/aromatic N) is 4. The van der Waals surface area contributed by atoms with Gasteiger partial charge in [0.05, 0.1) is 18.4 Å². The fraction of sp³-hybridized carbons (Fsp3) is 0.400. The van der Waals surface area contributed by atoms with E-state index in [-0.39, 0.29) is 29.6 Å². The molecule has 1 saturated carbocycles. The Hall–Kier alpha value is -3.96. The van der Waals surface area contributed by atoms with E-state index in [0.29, 0.717) is 31.0 Å². The van der Waals surface area contributed by atoms with Gasteiger partial charge in [0.2, 0.25) is 11.8 Å². The number of ether oxygens (including phenoxy) is 1. The highest BCUT2D eigenvalue weighted by Crippen LogP contribution is 2.50. The second-order valence-electron chi connectivity index (χ2n) is 9.37. The van der Waals surface area contributed by atoms with Crippen LogP contribution in [0.25, 0.3) is 11.3 Å². The Morgan fingerprint density at radius 3 is 2.78 bits per heavy atom. The first-order valence-corrected chi connectivity index (χ1v) is 11.9. The fourth-order valence-electron chi connectivity index (χ4n) is 4.93. The van der Waals surface area contributed by atoms with E-state index >= 15 is 0 Å². The maximum Gasteiger partial charge on any atom is 0.416 e. The highest BCUT2D eigenvalue weighted by molar-refractivity contribution is 5.94. The molecule has 0 aromatic carbocycles. The lowest BCUT2D eigenvalue weighted by molar-refractivity contribution is -0.138. The van der Waals surface area contributed by atoms with E-state index in [1.54, 1.807) is 29.3 Å². The molecular formula is C25H25F3N6O3. The van der Waals surface area contributed by atoms with Crippen LogP contribution in [0.1, 0.15) is 47.3 Å². The van der Waals surface area contributed by atoms with Crippen molar-refractivity contribution in [1.82, 2.24) is 30.4 Å². The Kier molecular flexibility index (Phi) is 6.34. The Morgan fingerprint density at radius 2 is 2.05 bits per heavy atom. The van der Waals surface area contributed by atoms with E-state index in [1.807, 2.05) is 0 Å². The fourth-order valence-corrected chi connectivity index (χ4v) is 4.93. The molecule has 0 radical (unpaired) electrons. The Balaban J connectivity index is 1.23. The molecular weight excluding hydrogens is 489 g/mol. The zero-order valence-electron chi connectivity index (χ0n) is 20.0. The van der Waals surface area contributed by atoms with Gasteiger partial charge >= 0.3 is 6.18 Å². The van der Waals surface area contributed by atoms with Crippen LogP contribution in [0.5, 0.6) is 5.88 Å². The molecule has 9 nitrogen and oxygen atoms in total. The maximum absolute atomic E-state index is 13.3. The minimum absolute atomic E-state index is 0.0850. The molecule has 2 aliphatic rings. The Bertz CT molecular complexity index is 1320. The number of alkyl halides is 3. The van der Waals surface area contributed by atoms with Gasteiger partial charge in [-0.2, -0.15) is 18.3 Å². The summed E-state index contributed by atoms with van der Waals surface area (Å²) in [6, 6.07) is 6.09. The number of rotatable bonds is 6. The van der Waals surface area contributed by atoms with Crippen LogP contribution in [-0.2, 0) is 17.5 Å². The number of halogens is 3. The predicted molar refractivity (Wildman–Crippen MR) is 125 cm³/mol. The molecule has 2 amide bonds. The third-order valence-electron chi connectivity index (χ3n) is 7.06. The van der Waals surface area contributed by atoms with Crippen LogP contribution in [0.3, 0.4) is 0 Å². The van der Waals surface area contributed by atoms with Crippen LogP contribution in [-0.4, -0.2) is 56.1 Å². The number of aromatic nitrogens is 4. The third-order valence-corrected chi connectivity index (χ3v) is 7.06. The number of H-pyrrole nitrogens is 1. The number of piperidine rings is 1. The molecule has 12 heteroatoms. The molecule has 3 aromatic rings. The van der Waals surface area contributed by atoms with Crippen molar-refractivity contribution in [2.24, 2.45) is 5.92 Å². The first kappa shape index (κ1) is 24.7. The molecule has 0 bridgehead atoms. The van der Waals surface area contributed by atoms with Crippen molar-refractivity contribution < 1.29 is 27.5 Å². The Morgan fingerprint density at radius 1 is 1.24 bits per heavy atom.